The van der Waals surface area contributed by atoms with Crippen molar-refractivity contribution in [2.24, 2.45) is 0 Å². The second-order valence-electron chi connectivity index (χ2n) is 5.46. The topological polar surface area (TPSA) is 70.2 Å². The highest BCUT2D eigenvalue weighted by atomic mass is 16.5. The molecule has 0 saturated carbocycles. The summed E-state index contributed by atoms with van der Waals surface area (Å²) in [4.78, 5) is 5.87. The monoisotopic (exact) mass is 312 g/mol. The van der Waals surface area contributed by atoms with Gasteiger partial charge in [0.15, 0.2) is 5.82 Å². The summed E-state index contributed by atoms with van der Waals surface area (Å²) in [6, 6.07) is 9.74. The minimum atomic E-state index is 0.348. The number of rotatable bonds is 4. The van der Waals surface area contributed by atoms with Crippen LogP contribution in [0.5, 0.6) is 5.75 Å². The first-order valence-electron chi connectivity index (χ1n) is 7.76. The van der Waals surface area contributed by atoms with Crippen molar-refractivity contribution < 1.29 is 4.74 Å². The van der Waals surface area contributed by atoms with Gasteiger partial charge >= 0.3 is 0 Å². The molecule has 0 spiro atoms. The maximum atomic E-state index is 9.40. The van der Waals surface area contributed by atoms with E-state index in [2.05, 4.69) is 33.1 Å². The van der Waals surface area contributed by atoms with Crippen LogP contribution in [-0.4, -0.2) is 59.7 Å². The second-order valence-corrected chi connectivity index (χ2v) is 5.46. The highest BCUT2D eigenvalue weighted by molar-refractivity contribution is 5.52. The van der Waals surface area contributed by atoms with Crippen molar-refractivity contribution in [1.29, 1.82) is 5.26 Å². The maximum Gasteiger partial charge on any atom is 0.207 e. The van der Waals surface area contributed by atoms with Crippen molar-refractivity contribution in [3.63, 3.8) is 0 Å². The molecule has 0 amide bonds. The quantitative estimate of drug-likeness (QED) is 0.847. The summed E-state index contributed by atoms with van der Waals surface area (Å²) in [6.45, 7) is 6.09. The Morgan fingerprint density at radius 3 is 2.61 bits per heavy atom. The Labute approximate surface area is 135 Å². The molecule has 0 atom stereocenters. The van der Waals surface area contributed by atoms with E-state index in [4.69, 9.17) is 4.74 Å². The van der Waals surface area contributed by atoms with Crippen LogP contribution in [0.15, 0.2) is 24.3 Å². The summed E-state index contributed by atoms with van der Waals surface area (Å²) in [5, 5.41) is 18.3. The molecule has 0 N–H and O–H groups in total. The van der Waals surface area contributed by atoms with Gasteiger partial charge in [-0.05, 0) is 26.1 Å². The lowest BCUT2D eigenvalue weighted by Crippen LogP contribution is -2.45. The fraction of sp³-hybridized carbons (Fsp3) is 0.438. The lowest BCUT2D eigenvalue weighted by molar-refractivity contribution is 0.312. The molecule has 0 radical (unpaired) electrons. The van der Waals surface area contributed by atoms with Gasteiger partial charge in [0.25, 0.3) is 0 Å². The number of ether oxygens (including phenoxy) is 1. The van der Waals surface area contributed by atoms with Gasteiger partial charge in [-0.25, -0.2) is 0 Å². The van der Waals surface area contributed by atoms with Crippen LogP contribution in [0, 0.1) is 11.3 Å². The number of piperazine rings is 1. The number of para-hydroxylation sites is 2. The Balaban J connectivity index is 1.95. The summed E-state index contributed by atoms with van der Waals surface area (Å²) in [5.41, 5.74) is 1.09. The van der Waals surface area contributed by atoms with Crippen molar-refractivity contribution in [3.05, 3.63) is 30.0 Å². The molecule has 2 aromatic rings. The summed E-state index contributed by atoms with van der Waals surface area (Å²) in [6.07, 6.45) is 0. The van der Waals surface area contributed by atoms with Crippen LogP contribution in [-0.2, 0) is 0 Å². The van der Waals surface area contributed by atoms with Crippen LogP contribution in [0.1, 0.15) is 12.6 Å². The number of benzene rings is 1. The Bertz CT molecular complexity index is 712. The average Bonchev–Trinajstić information content (AvgIpc) is 3.00. The zero-order valence-corrected chi connectivity index (χ0v) is 13.4. The van der Waals surface area contributed by atoms with Crippen LogP contribution >= 0.6 is 0 Å². The molecule has 7 heteroatoms. The van der Waals surface area contributed by atoms with E-state index in [1.165, 1.54) is 4.80 Å². The molecule has 1 fully saturated rings. The van der Waals surface area contributed by atoms with Crippen LogP contribution in [0.4, 0.5) is 5.82 Å². The van der Waals surface area contributed by atoms with Crippen molar-refractivity contribution >= 4 is 5.82 Å². The number of aromatic nitrogens is 3. The van der Waals surface area contributed by atoms with Gasteiger partial charge in [0.1, 0.15) is 17.5 Å². The first-order valence-corrected chi connectivity index (χ1v) is 7.76. The number of hydrogen-bond acceptors (Lipinski definition) is 6. The minimum Gasteiger partial charge on any atom is -0.492 e. The third-order valence-corrected chi connectivity index (χ3v) is 3.89. The smallest absolute Gasteiger partial charge is 0.207 e. The van der Waals surface area contributed by atoms with E-state index in [1.807, 2.05) is 31.2 Å². The molecule has 1 aliphatic rings. The second kappa shape index (κ2) is 6.67. The molecule has 1 saturated heterocycles. The fourth-order valence-corrected chi connectivity index (χ4v) is 2.61. The molecule has 1 aliphatic heterocycles. The molecule has 7 nitrogen and oxygen atoms in total. The summed E-state index contributed by atoms with van der Waals surface area (Å²) >= 11 is 0. The molecule has 0 bridgehead atoms. The van der Waals surface area contributed by atoms with Crippen LogP contribution < -0.4 is 9.64 Å². The van der Waals surface area contributed by atoms with Crippen LogP contribution in [0.3, 0.4) is 0 Å². The van der Waals surface area contributed by atoms with E-state index in [0.29, 0.717) is 23.9 Å². The van der Waals surface area contributed by atoms with Crippen LogP contribution in [0.25, 0.3) is 5.69 Å². The lowest BCUT2D eigenvalue weighted by atomic mass is 10.3. The predicted octanol–water partition coefficient (Wildman–Crippen LogP) is 1.29. The lowest BCUT2D eigenvalue weighted by Gasteiger charge is -2.32. The average molecular weight is 312 g/mol. The Hall–Kier alpha value is -2.59. The van der Waals surface area contributed by atoms with Gasteiger partial charge in [-0.3, -0.25) is 0 Å². The molecule has 0 unspecified atom stereocenters. The van der Waals surface area contributed by atoms with Crippen molar-refractivity contribution in [3.8, 4) is 17.5 Å². The van der Waals surface area contributed by atoms with Gasteiger partial charge in [0, 0.05) is 26.2 Å². The van der Waals surface area contributed by atoms with Crippen molar-refractivity contribution in [2.75, 3.05) is 44.7 Å². The van der Waals surface area contributed by atoms with E-state index in [-0.39, 0.29) is 0 Å². The minimum absolute atomic E-state index is 0.348. The molecule has 1 aromatic carbocycles. The van der Waals surface area contributed by atoms with Crippen molar-refractivity contribution in [1.82, 2.24) is 19.9 Å². The van der Waals surface area contributed by atoms with Crippen LogP contribution in [0.2, 0.25) is 0 Å². The Morgan fingerprint density at radius 1 is 1.17 bits per heavy atom. The van der Waals surface area contributed by atoms with E-state index < -0.39 is 0 Å². The van der Waals surface area contributed by atoms with Gasteiger partial charge in [-0.15, -0.1) is 15.0 Å². The Kier molecular flexibility index (Phi) is 4.44. The molecule has 23 heavy (non-hydrogen) atoms. The number of likely N-dealkylation sites (N-methyl/N-ethyl adjacent to an activating group) is 1. The molecule has 3 rings (SSSR count). The summed E-state index contributed by atoms with van der Waals surface area (Å²) in [7, 11) is 2.09. The summed E-state index contributed by atoms with van der Waals surface area (Å²) in [5.74, 6) is 1.35. The number of nitrogens with zero attached hydrogens (tertiary/aromatic N) is 6. The standard InChI is InChI=1S/C16H20N6O/c1-3-23-15-7-5-4-6-14(15)22-18-13(12-17)16(19-22)21-10-8-20(2)9-11-21/h4-7H,3,8-11H2,1-2H3. The van der Waals surface area contributed by atoms with Gasteiger partial charge in [0.05, 0.1) is 6.61 Å². The highest BCUT2D eigenvalue weighted by Crippen LogP contribution is 2.24. The number of anilines is 1. The molecule has 120 valence electrons. The molecular formula is C16H20N6O. The first kappa shape index (κ1) is 15.3. The van der Waals surface area contributed by atoms with Gasteiger partial charge in [0.2, 0.25) is 5.69 Å². The molecule has 0 aliphatic carbocycles. The van der Waals surface area contributed by atoms with Gasteiger partial charge in [-0.2, -0.15) is 5.26 Å². The van der Waals surface area contributed by atoms with E-state index in [9.17, 15) is 5.26 Å². The zero-order chi connectivity index (χ0) is 16.2. The van der Waals surface area contributed by atoms with E-state index >= 15 is 0 Å². The predicted molar refractivity (Wildman–Crippen MR) is 87.0 cm³/mol. The highest BCUT2D eigenvalue weighted by Gasteiger charge is 2.22. The van der Waals surface area contributed by atoms with E-state index in [1.54, 1.807) is 0 Å². The largest absolute Gasteiger partial charge is 0.492 e. The molecular weight excluding hydrogens is 292 g/mol. The van der Waals surface area contributed by atoms with Gasteiger partial charge in [-0.1, -0.05) is 12.1 Å². The third kappa shape index (κ3) is 3.12. The summed E-state index contributed by atoms with van der Waals surface area (Å²) < 4.78 is 5.63. The van der Waals surface area contributed by atoms with Gasteiger partial charge < -0.3 is 14.5 Å². The number of hydrogen-bond donors (Lipinski definition) is 0. The first-order chi connectivity index (χ1) is 11.2. The number of nitriles is 1. The third-order valence-electron chi connectivity index (χ3n) is 3.89. The van der Waals surface area contributed by atoms with Crippen molar-refractivity contribution in [2.45, 2.75) is 6.92 Å². The van der Waals surface area contributed by atoms with E-state index in [0.717, 1.165) is 31.9 Å². The maximum absolute atomic E-state index is 9.40. The molecule has 1 aromatic heterocycles. The SMILES string of the molecule is CCOc1ccccc1-n1nc(C#N)c(N2CCN(C)CC2)n1. The zero-order valence-electron chi connectivity index (χ0n) is 13.4. The molecule has 2 heterocycles. The normalized spacial score (nSPS) is 15.4. The Morgan fingerprint density at radius 2 is 1.91 bits per heavy atom. The fourth-order valence-electron chi connectivity index (χ4n) is 2.61.